The third kappa shape index (κ3) is 4.17. The molecule has 1 unspecified atom stereocenters. The second kappa shape index (κ2) is 7.88. The molecule has 1 atom stereocenters. The molecule has 0 radical (unpaired) electrons. The van der Waals surface area contributed by atoms with E-state index in [1.54, 1.807) is 6.33 Å². The third-order valence-corrected chi connectivity index (χ3v) is 4.60. The minimum Gasteiger partial charge on any atom is -0.377 e. The Bertz CT molecular complexity index is 480. The van der Waals surface area contributed by atoms with Gasteiger partial charge in [-0.25, -0.2) is 9.97 Å². The molecule has 0 amide bonds. The van der Waals surface area contributed by atoms with Gasteiger partial charge in [0.25, 0.3) is 0 Å². The number of rotatable bonds is 5. The Morgan fingerprint density at radius 3 is 3.14 bits per heavy atom. The van der Waals surface area contributed by atoms with Gasteiger partial charge in [0.15, 0.2) is 0 Å². The smallest absolute Gasteiger partial charge is 0.132 e. The quantitative estimate of drug-likeness (QED) is 0.846. The van der Waals surface area contributed by atoms with Gasteiger partial charge >= 0.3 is 0 Å². The summed E-state index contributed by atoms with van der Waals surface area (Å²) in [5, 5.41) is 3.53. The molecule has 0 aromatic carbocycles. The largest absolute Gasteiger partial charge is 0.377 e. The monoisotopic (exact) mass is 304 g/mol. The summed E-state index contributed by atoms with van der Waals surface area (Å²) in [6.45, 7) is 7.41. The molecule has 1 aliphatic carbocycles. The van der Waals surface area contributed by atoms with Crippen molar-refractivity contribution in [2.45, 2.75) is 51.6 Å². The van der Waals surface area contributed by atoms with E-state index in [0.717, 1.165) is 64.3 Å². The number of fused-ring (bicyclic) bond motifs is 1. The van der Waals surface area contributed by atoms with Crippen molar-refractivity contribution in [1.29, 1.82) is 0 Å². The summed E-state index contributed by atoms with van der Waals surface area (Å²) in [4.78, 5) is 11.4. The van der Waals surface area contributed by atoms with Gasteiger partial charge in [-0.3, -0.25) is 0 Å². The highest BCUT2D eigenvalue weighted by Gasteiger charge is 2.16. The van der Waals surface area contributed by atoms with Crippen LogP contribution in [-0.2, 0) is 17.6 Å². The Balaban J connectivity index is 1.45. The van der Waals surface area contributed by atoms with Crippen molar-refractivity contribution in [3.05, 3.63) is 17.6 Å². The van der Waals surface area contributed by atoms with Crippen LogP contribution in [0.4, 0.5) is 5.82 Å². The van der Waals surface area contributed by atoms with Crippen LogP contribution in [0, 0.1) is 0 Å². The predicted molar refractivity (Wildman–Crippen MR) is 88.3 cm³/mol. The van der Waals surface area contributed by atoms with Crippen molar-refractivity contribution in [3.63, 3.8) is 0 Å². The number of ether oxygens (including phenoxy) is 1. The average molecular weight is 304 g/mol. The summed E-state index contributed by atoms with van der Waals surface area (Å²) >= 11 is 0. The number of nitrogens with one attached hydrogen (secondary N) is 1. The van der Waals surface area contributed by atoms with Crippen molar-refractivity contribution >= 4 is 5.82 Å². The molecule has 1 N–H and O–H groups in total. The highest BCUT2D eigenvalue weighted by Crippen LogP contribution is 2.24. The summed E-state index contributed by atoms with van der Waals surface area (Å²) in [5.74, 6) is 1.07. The average Bonchev–Trinajstić information content (AvgIpc) is 2.76. The molecule has 0 bridgehead atoms. The Morgan fingerprint density at radius 2 is 2.18 bits per heavy atom. The second-order valence-electron chi connectivity index (χ2n) is 6.47. The van der Waals surface area contributed by atoms with Gasteiger partial charge in [0.1, 0.15) is 12.1 Å². The summed E-state index contributed by atoms with van der Waals surface area (Å²) in [6.07, 6.45) is 9.13. The fourth-order valence-corrected chi connectivity index (χ4v) is 3.47. The molecule has 0 saturated carbocycles. The first-order valence-electron chi connectivity index (χ1n) is 8.73. The van der Waals surface area contributed by atoms with Crippen LogP contribution in [0.5, 0.6) is 0 Å². The van der Waals surface area contributed by atoms with Gasteiger partial charge in [-0.15, -0.1) is 0 Å². The van der Waals surface area contributed by atoms with Gasteiger partial charge in [0, 0.05) is 37.5 Å². The molecule has 2 heterocycles. The molecule has 1 aliphatic heterocycles. The standard InChI is InChI=1S/C17H28N4O/c1-14-12-21(10-5-11-22-14)9-4-8-18-17-15-6-2-3-7-16(15)19-13-20-17/h13-14H,2-12H2,1H3,(H,18,19,20). The van der Waals surface area contributed by atoms with Crippen LogP contribution in [0.15, 0.2) is 6.33 Å². The fraction of sp³-hybridized carbons (Fsp3) is 0.765. The van der Waals surface area contributed by atoms with E-state index in [9.17, 15) is 0 Å². The van der Waals surface area contributed by atoms with Crippen molar-refractivity contribution in [1.82, 2.24) is 14.9 Å². The van der Waals surface area contributed by atoms with Crippen LogP contribution >= 0.6 is 0 Å². The highest BCUT2D eigenvalue weighted by atomic mass is 16.5. The van der Waals surface area contributed by atoms with E-state index in [4.69, 9.17) is 4.74 Å². The lowest BCUT2D eigenvalue weighted by atomic mass is 9.96. The van der Waals surface area contributed by atoms with Crippen LogP contribution in [-0.4, -0.2) is 53.8 Å². The maximum atomic E-state index is 5.70. The number of hydrogen-bond acceptors (Lipinski definition) is 5. The van der Waals surface area contributed by atoms with Crippen LogP contribution in [0.1, 0.15) is 43.9 Å². The van der Waals surface area contributed by atoms with Gasteiger partial charge < -0.3 is 15.0 Å². The molecule has 1 saturated heterocycles. The number of hydrogen-bond donors (Lipinski definition) is 1. The van der Waals surface area contributed by atoms with E-state index in [2.05, 4.69) is 27.1 Å². The minimum absolute atomic E-state index is 0.365. The maximum absolute atomic E-state index is 5.70. The zero-order chi connectivity index (χ0) is 15.2. The zero-order valence-corrected chi connectivity index (χ0v) is 13.7. The second-order valence-corrected chi connectivity index (χ2v) is 6.47. The highest BCUT2D eigenvalue weighted by molar-refractivity contribution is 5.46. The van der Waals surface area contributed by atoms with E-state index in [0.29, 0.717) is 6.10 Å². The fourth-order valence-electron chi connectivity index (χ4n) is 3.47. The molecule has 2 aliphatic rings. The van der Waals surface area contributed by atoms with E-state index in [1.807, 2.05) is 0 Å². The van der Waals surface area contributed by atoms with E-state index >= 15 is 0 Å². The van der Waals surface area contributed by atoms with Crippen molar-refractivity contribution in [2.75, 3.05) is 38.1 Å². The topological polar surface area (TPSA) is 50.3 Å². The lowest BCUT2D eigenvalue weighted by Gasteiger charge is -2.22. The molecular formula is C17H28N4O. The maximum Gasteiger partial charge on any atom is 0.132 e. The number of anilines is 1. The van der Waals surface area contributed by atoms with Gasteiger partial charge in [-0.1, -0.05) is 0 Å². The molecule has 1 aromatic heterocycles. The number of aryl methyl sites for hydroxylation is 1. The van der Waals surface area contributed by atoms with E-state index < -0.39 is 0 Å². The summed E-state index contributed by atoms with van der Waals surface area (Å²) in [5.41, 5.74) is 2.60. The van der Waals surface area contributed by atoms with Crippen molar-refractivity contribution in [2.24, 2.45) is 0 Å². The Morgan fingerprint density at radius 1 is 1.27 bits per heavy atom. The first-order chi connectivity index (χ1) is 10.8. The van der Waals surface area contributed by atoms with Crippen molar-refractivity contribution in [3.8, 4) is 0 Å². The first kappa shape index (κ1) is 15.7. The SMILES string of the molecule is CC1CN(CCCNc2ncnc3c2CCCC3)CCCO1. The molecule has 5 heteroatoms. The molecule has 1 aromatic rings. The lowest BCUT2D eigenvalue weighted by molar-refractivity contribution is 0.0677. The lowest BCUT2D eigenvalue weighted by Crippen LogP contribution is -2.32. The Kier molecular flexibility index (Phi) is 5.62. The number of nitrogens with zero attached hydrogens (tertiary/aromatic N) is 3. The minimum atomic E-state index is 0.365. The van der Waals surface area contributed by atoms with Gasteiger partial charge in [-0.05, 0) is 52.0 Å². The molecule has 122 valence electrons. The Labute approximate surface area is 133 Å². The van der Waals surface area contributed by atoms with Gasteiger partial charge in [0.05, 0.1) is 6.10 Å². The van der Waals surface area contributed by atoms with Crippen LogP contribution in [0.25, 0.3) is 0 Å². The normalized spacial score (nSPS) is 22.9. The predicted octanol–water partition coefficient (Wildman–Crippen LogP) is 2.27. The number of aromatic nitrogens is 2. The summed E-state index contributed by atoms with van der Waals surface area (Å²) in [6, 6.07) is 0. The molecule has 5 nitrogen and oxygen atoms in total. The van der Waals surface area contributed by atoms with Crippen LogP contribution < -0.4 is 5.32 Å². The summed E-state index contributed by atoms with van der Waals surface area (Å²) < 4.78 is 5.70. The Hall–Kier alpha value is -1.20. The van der Waals surface area contributed by atoms with Crippen LogP contribution in [0.3, 0.4) is 0 Å². The van der Waals surface area contributed by atoms with Crippen molar-refractivity contribution < 1.29 is 4.74 Å². The third-order valence-electron chi connectivity index (χ3n) is 4.60. The van der Waals surface area contributed by atoms with E-state index in [-0.39, 0.29) is 0 Å². The molecule has 0 spiro atoms. The summed E-state index contributed by atoms with van der Waals surface area (Å²) in [7, 11) is 0. The van der Waals surface area contributed by atoms with Gasteiger partial charge in [-0.2, -0.15) is 0 Å². The van der Waals surface area contributed by atoms with E-state index in [1.165, 1.54) is 24.1 Å². The first-order valence-corrected chi connectivity index (χ1v) is 8.73. The molecule has 3 rings (SSSR count). The molecular weight excluding hydrogens is 276 g/mol. The molecule has 1 fully saturated rings. The zero-order valence-electron chi connectivity index (χ0n) is 13.7. The van der Waals surface area contributed by atoms with Gasteiger partial charge in [0.2, 0.25) is 0 Å². The molecule has 22 heavy (non-hydrogen) atoms. The van der Waals surface area contributed by atoms with Crippen LogP contribution in [0.2, 0.25) is 0 Å².